The summed E-state index contributed by atoms with van der Waals surface area (Å²) < 4.78 is 17.1. The Kier molecular flexibility index (Phi) is 3.83. The van der Waals surface area contributed by atoms with Gasteiger partial charge in [-0.25, -0.2) is 0 Å². The number of hydrogen-bond donors (Lipinski definition) is 1. The summed E-state index contributed by atoms with van der Waals surface area (Å²) in [7, 11) is -3.78. The van der Waals surface area contributed by atoms with Gasteiger partial charge in [0.1, 0.15) is 13.2 Å². The monoisotopic (exact) mass is 363 g/mol. The third-order valence-corrected chi connectivity index (χ3v) is 7.39. The summed E-state index contributed by atoms with van der Waals surface area (Å²) in [6, 6.07) is 0. The van der Waals surface area contributed by atoms with Gasteiger partial charge in [0.25, 0.3) is 0 Å². The van der Waals surface area contributed by atoms with Crippen LogP contribution in [0.3, 0.4) is 0 Å². The van der Waals surface area contributed by atoms with E-state index in [0.717, 1.165) is 37.1 Å². The van der Waals surface area contributed by atoms with E-state index in [-0.39, 0.29) is 23.2 Å². The van der Waals surface area contributed by atoms with Gasteiger partial charge >= 0.3 is 0 Å². The number of ketones is 1. The van der Waals surface area contributed by atoms with Gasteiger partial charge in [-0.05, 0) is 73.3 Å². The van der Waals surface area contributed by atoms with E-state index in [9.17, 15) is 19.4 Å². The normalized spacial score (nSPS) is 45.0. The molecule has 0 radical (unpaired) electrons. The van der Waals surface area contributed by atoms with Crippen LogP contribution < -0.4 is 4.89 Å². The van der Waals surface area contributed by atoms with E-state index in [1.54, 1.807) is 12.2 Å². The predicted octanol–water partition coefficient (Wildman–Crippen LogP) is 2.51. The fourth-order valence-electron chi connectivity index (χ4n) is 5.56. The lowest BCUT2D eigenvalue weighted by molar-refractivity contribution is -0.204. The predicted molar refractivity (Wildman–Crippen MR) is 91.8 cm³/mol. The van der Waals surface area contributed by atoms with Gasteiger partial charge in [0.15, 0.2) is 5.78 Å². The zero-order valence-electron chi connectivity index (χ0n) is 14.6. The molecule has 0 aliphatic heterocycles. The fourth-order valence-corrected chi connectivity index (χ4v) is 6.37. The zero-order valence-corrected chi connectivity index (χ0v) is 15.5. The van der Waals surface area contributed by atoms with Crippen LogP contribution >= 0.6 is 7.60 Å². The lowest BCUT2D eigenvalue weighted by Crippen LogP contribution is -2.48. The maximum absolute atomic E-state index is 11.7. The molecule has 4 aliphatic carbocycles. The zero-order chi connectivity index (χ0) is 18.0. The minimum absolute atomic E-state index is 0.0668. The minimum Gasteiger partial charge on any atom is -0.779 e. The summed E-state index contributed by atoms with van der Waals surface area (Å²) in [6.45, 7) is 3.26. The Morgan fingerprint density at radius 2 is 2.12 bits per heavy atom. The molecule has 4 unspecified atom stereocenters. The first-order valence-corrected chi connectivity index (χ1v) is 11.0. The molecule has 0 saturated heterocycles. The number of fused-ring (bicyclic) bond motifs is 5. The molecule has 136 valence electrons. The molecule has 0 heterocycles. The molecule has 2 saturated carbocycles. The molecule has 4 rings (SSSR count). The molecule has 0 amide bonds. The highest BCUT2D eigenvalue weighted by molar-refractivity contribution is 7.50. The molecule has 0 bridgehead atoms. The Hall–Kier alpha value is -1.00. The summed E-state index contributed by atoms with van der Waals surface area (Å²) in [5.74, 6) is 0.429. The van der Waals surface area contributed by atoms with Crippen LogP contribution in [0.2, 0.25) is 0 Å². The Labute approximate surface area is 148 Å². The first kappa shape index (κ1) is 17.4. The van der Waals surface area contributed by atoms with E-state index >= 15 is 0 Å². The van der Waals surface area contributed by atoms with Gasteiger partial charge in [-0.3, -0.25) is 4.79 Å². The van der Waals surface area contributed by atoms with Crippen molar-refractivity contribution in [2.75, 3.05) is 6.66 Å². The molecule has 0 aromatic carbocycles. The van der Waals surface area contributed by atoms with Crippen molar-refractivity contribution in [1.82, 2.24) is 0 Å². The topological polar surface area (TPSA) is 86.7 Å². The van der Waals surface area contributed by atoms with Crippen LogP contribution in [0.25, 0.3) is 0 Å². The first-order chi connectivity index (χ1) is 11.6. The molecule has 5 nitrogen and oxygen atoms in total. The van der Waals surface area contributed by atoms with Crippen molar-refractivity contribution in [2.24, 2.45) is 17.3 Å². The van der Waals surface area contributed by atoms with Crippen LogP contribution in [-0.4, -0.2) is 29.3 Å². The van der Waals surface area contributed by atoms with Crippen molar-refractivity contribution >= 4 is 13.4 Å². The van der Waals surface area contributed by atoms with Crippen LogP contribution in [0.15, 0.2) is 35.5 Å². The Morgan fingerprint density at radius 1 is 1.36 bits per heavy atom. The van der Waals surface area contributed by atoms with Gasteiger partial charge in [-0.1, -0.05) is 13.0 Å². The minimum atomic E-state index is -3.78. The third-order valence-electron chi connectivity index (χ3n) is 6.75. The lowest BCUT2D eigenvalue weighted by Gasteiger charge is -2.51. The molecule has 1 N–H and O–H groups in total. The van der Waals surface area contributed by atoms with Crippen LogP contribution in [0.1, 0.15) is 39.0 Å². The molecule has 4 aliphatic rings. The van der Waals surface area contributed by atoms with Gasteiger partial charge in [0.2, 0.25) is 0 Å². The molecule has 6 heteroatoms. The van der Waals surface area contributed by atoms with Crippen molar-refractivity contribution in [3.05, 3.63) is 35.5 Å². The van der Waals surface area contributed by atoms with Gasteiger partial charge in [-0.2, -0.15) is 0 Å². The molecule has 6 atom stereocenters. The Balaban J connectivity index is 1.69. The summed E-state index contributed by atoms with van der Waals surface area (Å²) in [6.07, 6.45) is 10.3. The molecule has 0 spiro atoms. The highest BCUT2D eigenvalue weighted by Gasteiger charge is 2.57. The summed E-state index contributed by atoms with van der Waals surface area (Å²) >= 11 is 0. The van der Waals surface area contributed by atoms with E-state index < -0.39 is 13.2 Å². The Morgan fingerprint density at radius 3 is 2.84 bits per heavy atom. The maximum Gasteiger partial charge on any atom is 0.178 e. The fraction of sp³-hybridized carbons (Fsp3) is 0.632. The number of rotatable bonds is 2. The van der Waals surface area contributed by atoms with Crippen LogP contribution in [0.4, 0.5) is 0 Å². The summed E-state index contributed by atoms with van der Waals surface area (Å²) in [5.41, 5.74) is 0.402. The SMILES string of the molecule is C[C@]12CC=C3C(CCC4=CC(=O)C=C[C@]43O)C1CCC2OP(C)(=O)[O-]. The molecule has 2 fully saturated rings. The standard InChI is InChI=1S/C19H25O5P/c1-18-9-8-16-14(15(18)5-6-17(18)24-25(2,22)23)4-3-12-11-13(20)7-10-19(12,16)21/h7-8,10-11,14-15,17,21H,3-6,9H2,1-2H3,(H,22,23)/p-1/t14?,15?,17?,18-,19-/m0/s1. The summed E-state index contributed by atoms with van der Waals surface area (Å²) in [4.78, 5) is 23.3. The quantitative estimate of drug-likeness (QED) is 0.602. The van der Waals surface area contributed by atoms with Crippen molar-refractivity contribution in [3.8, 4) is 0 Å². The van der Waals surface area contributed by atoms with E-state index in [1.165, 1.54) is 6.08 Å². The van der Waals surface area contributed by atoms with E-state index in [1.807, 2.05) is 0 Å². The number of hydrogen-bond acceptors (Lipinski definition) is 5. The van der Waals surface area contributed by atoms with Crippen molar-refractivity contribution in [1.29, 1.82) is 0 Å². The highest BCUT2D eigenvalue weighted by Crippen LogP contribution is 2.62. The second kappa shape index (κ2) is 5.50. The molecule has 25 heavy (non-hydrogen) atoms. The largest absolute Gasteiger partial charge is 0.779 e. The van der Waals surface area contributed by atoms with Gasteiger partial charge in [-0.15, -0.1) is 0 Å². The van der Waals surface area contributed by atoms with Gasteiger partial charge < -0.3 is 19.1 Å². The van der Waals surface area contributed by atoms with E-state index in [2.05, 4.69) is 13.0 Å². The number of carbonyl (C=O) groups excluding carboxylic acids is 1. The van der Waals surface area contributed by atoms with Crippen molar-refractivity contribution in [2.45, 2.75) is 50.7 Å². The molecular weight excluding hydrogens is 339 g/mol. The average Bonchev–Trinajstić information content (AvgIpc) is 2.83. The lowest BCUT2D eigenvalue weighted by atomic mass is 9.56. The number of aliphatic hydroxyl groups is 1. The molecular formula is C19H24O5P-. The second-order valence-electron chi connectivity index (χ2n) is 8.24. The van der Waals surface area contributed by atoms with Crippen LogP contribution in [0, 0.1) is 17.3 Å². The first-order valence-electron chi connectivity index (χ1n) is 8.97. The highest BCUT2D eigenvalue weighted by atomic mass is 31.2. The van der Waals surface area contributed by atoms with Gasteiger partial charge in [0, 0.05) is 12.1 Å². The smallest absolute Gasteiger partial charge is 0.178 e. The van der Waals surface area contributed by atoms with Gasteiger partial charge in [0.05, 0.1) is 6.10 Å². The maximum atomic E-state index is 11.7. The van der Waals surface area contributed by atoms with Crippen molar-refractivity contribution < 1.29 is 23.9 Å². The Bertz CT molecular complexity index is 760. The third kappa shape index (κ3) is 2.64. The molecule has 0 aromatic rings. The summed E-state index contributed by atoms with van der Waals surface area (Å²) in [5, 5.41) is 11.3. The second-order valence-corrected chi connectivity index (χ2v) is 9.99. The van der Waals surface area contributed by atoms with Crippen molar-refractivity contribution in [3.63, 3.8) is 0 Å². The van der Waals surface area contributed by atoms with Crippen LogP contribution in [0.5, 0.6) is 0 Å². The average molecular weight is 363 g/mol. The molecule has 0 aromatic heterocycles. The van der Waals surface area contributed by atoms with E-state index in [4.69, 9.17) is 4.52 Å². The van der Waals surface area contributed by atoms with E-state index in [0.29, 0.717) is 18.8 Å². The van der Waals surface area contributed by atoms with Crippen LogP contribution in [-0.2, 0) is 13.9 Å². The number of allylic oxidation sites excluding steroid dienone is 3. The number of carbonyl (C=O) groups is 1.